The Morgan fingerprint density at radius 3 is 2.81 bits per heavy atom. The molecule has 0 bridgehead atoms. The number of aldehydes is 1. The van der Waals surface area contributed by atoms with Crippen LogP contribution in [0, 0.1) is 6.92 Å². The van der Waals surface area contributed by atoms with Crippen LogP contribution >= 0.6 is 11.3 Å². The van der Waals surface area contributed by atoms with Crippen LogP contribution in [-0.2, 0) is 11.2 Å². The van der Waals surface area contributed by atoms with Gasteiger partial charge in [0.05, 0.1) is 11.5 Å². The third-order valence-electron chi connectivity index (χ3n) is 4.53. The molecule has 4 rings (SSSR count). The summed E-state index contributed by atoms with van der Waals surface area (Å²) in [6.07, 6.45) is 4.55. The molecule has 0 spiro atoms. The highest BCUT2D eigenvalue weighted by Crippen LogP contribution is 2.43. The van der Waals surface area contributed by atoms with Crippen molar-refractivity contribution < 1.29 is 9.53 Å². The fraction of sp³-hybridized carbons (Fsp3) is 0.389. The van der Waals surface area contributed by atoms with E-state index < -0.39 is 0 Å². The molecule has 0 saturated heterocycles. The van der Waals surface area contributed by atoms with Crippen molar-refractivity contribution in [2.24, 2.45) is 0 Å². The van der Waals surface area contributed by atoms with Crippen molar-refractivity contribution >= 4 is 17.6 Å². The number of aryl methyl sites for hydroxylation is 1. The van der Waals surface area contributed by atoms with Crippen molar-refractivity contribution in [1.82, 2.24) is 0 Å². The first-order valence-electron chi connectivity index (χ1n) is 7.56. The Labute approximate surface area is 128 Å². The first-order chi connectivity index (χ1) is 10.3. The van der Waals surface area contributed by atoms with Crippen LogP contribution in [0.5, 0.6) is 0 Å². The highest BCUT2D eigenvalue weighted by atomic mass is 32.1. The summed E-state index contributed by atoms with van der Waals surface area (Å²) in [5, 5.41) is 0. The van der Waals surface area contributed by atoms with Crippen LogP contribution in [0.15, 0.2) is 24.3 Å². The Balaban J connectivity index is 1.79. The van der Waals surface area contributed by atoms with Crippen LogP contribution in [-0.4, -0.2) is 12.9 Å². The van der Waals surface area contributed by atoms with Crippen LogP contribution in [0.2, 0.25) is 0 Å². The van der Waals surface area contributed by atoms with Crippen molar-refractivity contribution in [3.05, 3.63) is 56.3 Å². The molecule has 1 aliphatic carbocycles. The van der Waals surface area contributed by atoms with Gasteiger partial charge in [0, 0.05) is 4.88 Å². The summed E-state index contributed by atoms with van der Waals surface area (Å²) in [6.45, 7) is 2.83. The first kappa shape index (κ1) is 13.2. The number of hydrogen-bond acceptors (Lipinski definition) is 3. The van der Waals surface area contributed by atoms with E-state index in [0.29, 0.717) is 0 Å². The van der Waals surface area contributed by atoms with Crippen molar-refractivity contribution in [3.8, 4) is 0 Å². The van der Waals surface area contributed by atoms with Crippen LogP contribution < -0.4 is 0 Å². The van der Waals surface area contributed by atoms with E-state index in [2.05, 4.69) is 25.1 Å². The molecule has 2 heterocycles. The first-order valence-corrected chi connectivity index (χ1v) is 8.37. The predicted molar refractivity (Wildman–Crippen MR) is 84.4 cm³/mol. The molecule has 21 heavy (non-hydrogen) atoms. The smallest absolute Gasteiger partial charge is 0.160 e. The molecule has 0 amide bonds. The lowest BCUT2D eigenvalue weighted by atomic mass is 9.90. The van der Waals surface area contributed by atoms with Gasteiger partial charge in [0.1, 0.15) is 6.10 Å². The Morgan fingerprint density at radius 2 is 2.10 bits per heavy atom. The van der Waals surface area contributed by atoms with E-state index >= 15 is 0 Å². The molecule has 3 heteroatoms. The molecule has 0 radical (unpaired) electrons. The van der Waals surface area contributed by atoms with Gasteiger partial charge in [0.25, 0.3) is 0 Å². The lowest BCUT2D eigenvalue weighted by Crippen LogP contribution is -2.17. The highest BCUT2D eigenvalue weighted by molar-refractivity contribution is 7.13. The van der Waals surface area contributed by atoms with E-state index in [1.807, 2.05) is 6.07 Å². The number of ether oxygens (including phenoxy) is 1. The van der Waals surface area contributed by atoms with Crippen molar-refractivity contribution in [3.63, 3.8) is 0 Å². The van der Waals surface area contributed by atoms with Crippen molar-refractivity contribution in [2.75, 3.05) is 6.61 Å². The van der Waals surface area contributed by atoms with Gasteiger partial charge in [-0.15, -0.1) is 11.3 Å². The topological polar surface area (TPSA) is 26.3 Å². The molecule has 2 aromatic rings. The maximum atomic E-state index is 11.0. The summed E-state index contributed by atoms with van der Waals surface area (Å²) in [6, 6.07) is 8.90. The maximum absolute atomic E-state index is 11.0. The molecule has 1 saturated carbocycles. The van der Waals surface area contributed by atoms with E-state index in [1.54, 1.807) is 11.3 Å². The largest absolute Gasteiger partial charge is 0.368 e. The molecule has 1 fully saturated rings. The number of carbonyl (C=O) groups is 1. The van der Waals surface area contributed by atoms with Crippen LogP contribution in [0.3, 0.4) is 0 Å². The third kappa shape index (κ3) is 2.34. The number of benzene rings is 1. The van der Waals surface area contributed by atoms with Gasteiger partial charge in [0.15, 0.2) is 6.29 Å². The zero-order valence-electron chi connectivity index (χ0n) is 12.1. The van der Waals surface area contributed by atoms with Gasteiger partial charge in [-0.05, 0) is 60.4 Å². The standard InChI is InChI=1S/C18H18O2S/c1-11-16(9-15(10-19)21-11)18-17-8-14(12-2-3-12)5-4-13(17)6-7-20-18/h4-5,8-10,12,18H,2-3,6-7H2,1H3. The van der Waals surface area contributed by atoms with E-state index in [1.165, 1.54) is 34.4 Å². The minimum absolute atomic E-state index is 0.00241. The van der Waals surface area contributed by atoms with Gasteiger partial charge < -0.3 is 4.74 Å². The fourth-order valence-corrected chi connectivity index (χ4v) is 4.10. The number of thiophene rings is 1. The van der Waals surface area contributed by atoms with Crippen LogP contribution in [0.1, 0.15) is 61.7 Å². The zero-order chi connectivity index (χ0) is 14.4. The Kier molecular flexibility index (Phi) is 3.20. The quantitative estimate of drug-likeness (QED) is 0.785. The van der Waals surface area contributed by atoms with Gasteiger partial charge in [-0.25, -0.2) is 0 Å². The predicted octanol–water partition coefficient (Wildman–Crippen LogP) is 4.41. The minimum atomic E-state index is -0.00241. The van der Waals surface area contributed by atoms with Crippen LogP contribution in [0.4, 0.5) is 0 Å². The molecule has 108 valence electrons. The molecule has 1 aromatic heterocycles. The average Bonchev–Trinajstić information content (AvgIpc) is 3.29. The minimum Gasteiger partial charge on any atom is -0.368 e. The summed E-state index contributed by atoms with van der Waals surface area (Å²) in [5.41, 5.74) is 5.32. The second-order valence-corrected chi connectivity index (χ2v) is 7.30. The molecular formula is C18H18O2S. The molecule has 1 aliphatic heterocycles. The summed E-state index contributed by atoms with van der Waals surface area (Å²) in [5.74, 6) is 0.756. The van der Waals surface area contributed by atoms with Gasteiger partial charge in [-0.1, -0.05) is 18.2 Å². The molecule has 1 aromatic carbocycles. The average molecular weight is 298 g/mol. The summed E-state index contributed by atoms with van der Waals surface area (Å²) in [4.78, 5) is 13.0. The second-order valence-electron chi connectivity index (χ2n) is 6.01. The molecule has 2 nitrogen and oxygen atoms in total. The number of fused-ring (bicyclic) bond motifs is 1. The van der Waals surface area contributed by atoms with Crippen molar-refractivity contribution in [1.29, 1.82) is 0 Å². The van der Waals surface area contributed by atoms with E-state index in [9.17, 15) is 4.79 Å². The Morgan fingerprint density at radius 1 is 1.24 bits per heavy atom. The number of hydrogen-bond donors (Lipinski definition) is 0. The highest BCUT2D eigenvalue weighted by Gasteiger charge is 2.29. The molecule has 1 unspecified atom stereocenters. The molecule has 0 N–H and O–H groups in total. The van der Waals surface area contributed by atoms with Gasteiger partial charge in [-0.2, -0.15) is 0 Å². The maximum Gasteiger partial charge on any atom is 0.160 e. The number of rotatable bonds is 3. The van der Waals surface area contributed by atoms with E-state index in [4.69, 9.17) is 4.74 Å². The fourth-order valence-electron chi connectivity index (χ4n) is 3.23. The lowest BCUT2D eigenvalue weighted by Gasteiger charge is -2.27. The van der Waals surface area contributed by atoms with Gasteiger partial charge in [-0.3, -0.25) is 4.79 Å². The Bertz CT molecular complexity index is 697. The Hall–Kier alpha value is -1.45. The second kappa shape index (κ2) is 5.08. The molecule has 2 aliphatic rings. The van der Waals surface area contributed by atoms with Crippen molar-refractivity contribution in [2.45, 2.75) is 38.2 Å². The van der Waals surface area contributed by atoms with E-state index in [-0.39, 0.29) is 6.10 Å². The summed E-state index contributed by atoms with van der Waals surface area (Å²) >= 11 is 1.56. The summed E-state index contributed by atoms with van der Waals surface area (Å²) in [7, 11) is 0. The molecule has 1 atom stereocenters. The zero-order valence-corrected chi connectivity index (χ0v) is 12.9. The summed E-state index contributed by atoms with van der Waals surface area (Å²) < 4.78 is 6.08. The number of carbonyl (C=O) groups excluding carboxylic acids is 1. The third-order valence-corrected chi connectivity index (χ3v) is 5.52. The monoisotopic (exact) mass is 298 g/mol. The van der Waals surface area contributed by atoms with Gasteiger partial charge in [0.2, 0.25) is 0 Å². The van der Waals surface area contributed by atoms with Gasteiger partial charge >= 0.3 is 0 Å². The lowest BCUT2D eigenvalue weighted by molar-refractivity contribution is 0.0697. The SMILES string of the molecule is Cc1sc(C=O)cc1C1OCCc2ccc(C3CC3)cc21. The normalized spacial score (nSPS) is 21.1. The molecular weight excluding hydrogens is 280 g/mol. The van der Waals surface area contributed by atoms with Crippen LogP contribution in [0.25, 0.3) is 0 Å². The van der Waals surface area contributed by atoms with E-state index in [0.717, 1.165) is 35.7 Å².